The highest BCUT2D eigenvalue weighted by Gasteiger charge is 2.48. The molecule has 0 saturated carbocycles. The Labute approximate surface area is 352 Å². The Balaban J connectivity index is 0.000000199. The first-order valence-corrected chi connectivity index (χ1v) is 21.8. The fourth-order valence-corrected chi connectivity index (χ4v) is 10.7. The van der Waals surface area contributed by atoms with Crippen LogP contribution in [0.4, 0.5) is 11.4 Å². The van der Waals surface area contributed by atoms with Crippen molar-refractivity contribution in [3.05, 3.63) is 214 Å². The minimum absolute atomic E-state index is 0.0736. The van der Waals surface area contributed by atoms with Crippen LogP contribution in [0.3, 0.4) is 0 Å². The largest absolute Gasteiger partial charge is 0.324 e. The van der Waals surface area contributed by atoms with Crippen LogP contribution in [0.2, 0.25) is 0 Å². The van der Waals surface area contributed by atoms with Crippen molar-refractivity contribution >= 4 is 51.0 Å². The van der Waals surface area contributed by atoms with Gasteiger partial charge in [0.05, 0.1) is 16.6 Å². The van der Waals surface area contributed by atoms with Crippen molar-refractivity contribution in [2.75, 3.05) is 4.90 Å². The van der Waals surface area contributed by atoms with E-state index in [2.05, 4.69) is 150 Å². The molecule has 3 atom stereocenters. The highest BCUT2D eigenvalue weighted by Crippen LogP contribution is 2.59. The van der Waals surface area contributed by atoms with Crippen LogP contribution in [0.15, 0.2) is 186 Å². The number of hydrogen-bond acceptors (Lipinski definition) is 4. The Kier molecular flexibility index (Phi) is 10.8. The lowest BCUT2D eigenvalue weighted by atomic mass is 9.83. The zero-order valence-corrected chi connectivity index (χ0v) is 34.8. The van der Waals surface area contributed by atoms with Crippen LogP contribution < -0.4 is 21.2 Å². The standard InChI is InChI=1S/C37H26N2S.C15H18N2.C2H6/c1-23-19-21-25(22-20-23)39-29-16-8-5-13-26(29)32-33-28-15-7-10-18-31(28)40-37(33)34-27-14-6-9-17-30(27)38(36(34)35(32)39)24-11-3-2-4-12-24;16-14(12-7-3-1-4-8-12)11-15(17)13-9-5-2-6-10-13;1-2/h2-22,34,37H,1H3;1-5,7-9,14,17H,6,10-11,16H2;1-2H3. The van der Waals surface area contributed by atoms with Crippen LogP contribution in [0.25, 0.3) is 27.9 Å². The number of hydrogen-bond donors (Lipinski definition) is 2. The van der Waals surface area contributed by atoms with Crippen LogP contribution in [0, 0.1) is 12.3 Å². The topological polar surface area (TPSA) is 58.0 Å². The summed E-state index contributed by atoms with van der Waals surface area (Å²) in [6.45, 7) is 6.16. The lowest BCUT2D eigenvalue weighted by molar-refractivity contribution is 0.756. The van der Waals surface area contributed by atoms with Gasteiger partial charge in [0.25, 0.3) is 0 Å². The van der Waals surface area contributed by atoms with E-state index in [4.69, 9.17) is 11.1 Å². The van der Waals surface area contributed by atoms with Gasteiger partial charge in [0.1, 0.15) is 0 Å². The molecule has 0 saturated heterocycles. The average molecular weight is 787 g/mol. The van der Waals surface area contributed by atoms with Gasteiger partial charge in [-0.1, -0.05) is 153 Å². The molecule has 0 amide bonds. The molecule has 2 aliphatic carbocycles. The summed E-state index contributed by atoms with van der Waals surface area (Å²) in [5.41, 5.74) is 20.9. The van der Waals surface area contributed by atoms with Crippen LogP contribution in [-0.4, -0.2) is 15.5 Å². The monoisotopic (exact) mass is 786 g/mol. The number of aromatic nitrogens is 1. The molecule has 6 aromatic carbocycles. The summed E-state index contributed by atoms with van der Waals surface area (Å²) in [7, 11) is 0. The van der Waals surface area contributed by atoms with Crippen LogP contribution >= 0.6 is 11.8 Å². The summed E-state index contributed by atoms with van der Waals surface area (Å²) in [6.07, 6.45) is 8.81. The third kappa shape index (κ3) is 6.88. The molecular formula is C54H50N4S. The third-order valence-electron chi connectivity index (χ3n) is 11.8. The minimum atomic E-state index is -0.0736. The Hall–Kier alpha value is -6.14. The van der Waals surface area contributed by atoms with E-state index >= 15 is 0 Å². The van der Waals surface area contributed by atoms with Crippen molar-refractivity contribution in [2.24, 2.45) is 5.73 Å². The number of nitrogens with zero attached hydrogens (tertiary/aromatic N) is 2. The van der Waals surface area contributed by atoms with Crippen molar-refractivity contribution in [3.63, 3.8) is 0 Å². The molecule has 0 spiro atoms. The molecule has 3 unspecified atom stereocenters. The Morgan fingerprint density at radius 2 is 1.44 bits per heavy atom. The first-order chi connectivity index (χ1) is 29.1. The molecule has 2 aliphatic heterocycles. The second-order valence-electron chi connectivity index (χ2n) is 15.3. The van der Waals surface area contributed by atoms with E-state index < -0.39 is 0 Å². The average Bonchev–Trinajstić information content (AvgIpc) is 3.97. The number of thioether (sulfide) groups is 1. The number of aryl methyl sites for hydroxylation is 1. The van der Waals surface area contributed by atoms with Gasteiger partial charge in [-0.05, 0) is 90.1 Å². The molecule has 0 fully saturated rings. The third-order valence-corrected chi connectivity index (χ3v) is 13.2. The lowest BCUT2D eigenvalue weighted by Crippen LogP contribution is -2.43. The second-order valence-corrected chi connectivity index (χ2v) is 16.5. The molecule has 292 valence electrons. The highest BCUT2D eigenvalue weighted by molar-refractivity contribution is 8.01. The molecule has 5 heteroatoms. The number of rotatable bonds is 6. The lowest BCUT2D eigenvalue weighted by Gasteiger charge is -2.30. The number of fused-ring (bicyclic) bond motifs is 10. The summed E-state index contributed by atoms with van der Waals surface area (Å²) in [6, 6.07) is 56.9. The maximum atomic E-state index is 8.08. The van der Waals surface area contributed by atoms with Crippen LogP contribution in [0.5, 0.6) is 0 Å². The Morgan fingerprint density at radius 3 is 2.20 bits per heavy atom. The highest BCUT2D eigenvalue weighted by atomic mass is 32.2. The van der Waals surface area contributed by atoms with Crippen molar-refractivity contribution < 1.29 is 0 Å². The molecule has 59 heavy (non-hydrogen) atoms. The van der Waals surface area contributed by atoms with Gasteiger partial charge in [0.2, 0.25) is 0 Å². The maximum absolute atomic E-state index is 8.08. The summed E-state index contributed by atoms with van der Waals surface area (Å²) >= 11 is 2.04. The predicted octanol–water partition coefficient (Wildman–Crippen LogP) is 12.1. The summed E-state index contributed by atoms with van der Waals surface area (Å²) in [5.74, 6) is 0.241. The maximum Gasteiger partial charge on any atom is 0.0750 e. The van der Waals surface area contributed by atoms with Crippen LogP contribution in [0.1, 0.15) is 67.3 Å². The van der Waals surface area contributed by atoms with Gasteiger partial charge in [0, 0.05) is 61.9 Å². The first-order valence-electron chi connectivity index (χ1n) is 21.0. The van der Waals surface area contributed by atoms with Gasteiger partial charge in [-0.3, -0.25) is 0 Å². The number of nitrogens with two attached hydrogens (primary N) is 1. The SMILES string of the molecule is CC.Cc1ccc(-n2c3c(c4ccccc42)=C2c4ccccc4SC2C2C=3N(c3ccccc3)c3ccccc32)cc1.N=C(CC(N)c1ccccc1)C1=CC=CCC1. The van der Waals surface area contributed by atoms with E-state index in [9.17, 15) is 0 Å². The van der Waals surface area contributed by atoms with E-state index in [1.54, 1.807) is 0 Å². The first kappa shape index (κ1) is 38.4. The van der Waals surface area contributed by atoms with Crippen molar-refractivity contribution in [1.29, 1.82) is 5.41 Å². The molecule has 4 aliphatic rings. The number of benzene rings is 6. The minimum Gasteiger partial charge on any atom is -0.324 e. The Morgan fingerprint density at radius 1 is 0.763 bits per heavy atom. The molecule has 7 aromatic rings. The fourth-order valence-electron chi connectivity index (χ4n) is 9.18. The molecule has 3 heterocycles. The van der Waals surface area contributed by atoms with E-state index in [-0.39, 0.29) is 12.0 Å². The quantitative estimate of drug-likeness (QED) is 0.165. The predicted molar refractivity (Wildman–Crippen MR) is 251 cm³/mol. The summed E-state index contributed by atoms with van der Waals surface area (Å²) in [4.78, 5) is 3.93. The van der Waals surface area contributed by atoms with E-state index in [0.29, 0.717) is 17.4 Å². The van der Waals surface area contributed by atoms with Gasteiger partial charge < -0.3 is 20.6 Å². The van der Waals surface area contributed by atoms with E-state index in [0.717, 1.165) is 24.0 Å². The number of para-hydroxylation sites is 3. The van der Waals surface area contributed by atoms with Gasteiger partial charge in [0.15, 0.2) is 0 Å². The zero-order chi connectivity index (χ0) is 40.5. The number of anilines is 2. The van der Waals surface area contributed by atoms with E-state index in [1.165, 1.54) is 71.4 Å². The molecule has 4 nitrogen and oxygen atoms in total. The van der Waals surface area contributed by atoms with Crippen molar-refractivity contribution in [1.82, 2.24) is 4.57 Å². The normalized spacial score (nSPS) is 17.3. The molecule has 1 aromatic heterocycles. The molecule has 3 N–H and O–H groups in total. The summed E-state index contributed by atoms with van der Waals surface area (Å²) < 4.78 is 2.53. The van der Waals surface area contributed by atoms with Crippen LogP contribution in [-0.2, 0) is 0 Å². The van der Waals surface area contributed by atoms with Gasteiger partial charge >= 0.3 is 0 Å². The second kappa shape index (κ2) is 16.6. The molecular weight excluding hydrogens is 737 g/mol. The molecule has 11 rings (SSSR count). The van der Waals surface area contributed by atoms with Gasteiger partial charge in [-0.2, -0.15) is 0 Å². The van der Waals surface area contributed by atoms with Gasteiger partial charge in [-0.25, -0.2) is 0 Å². The smallest absolute Gasteiger partial charge is 0.0750 e. The zero-order valence-electron chi connectivity index (χ0n) is 34.0. The summed E-state index contributed by atoms with van der Waals surface area (Å²) in [5, 5.41) is 12.4. The molecule has 0 radical (unpaired) electrons. The molecule has 0 bridgehead atoms. The van der Waals surface area contributed by atoms with Gasteiger partial charge in [-0.15, -0.1) is 11.8 Å². The fraction of sp³-hybridized carbons (Fsp3) is 0.167. The Bertz CT molecular complexity index is 2850. The number of nitrogens with one attached hydrogen (secondary N) is 1. The van der Waals surface area contributed by atoms with Crippen molar-refractivity contribution in [3.8, 4) is 5.69 Å². The van der Waals surface area contributed by atoms with Crippen molar-refractivity contribution in [2.45, 2.75) is 62.1 Å². The van der Waals surface area contributed by atoms with E-state index in [1.807, 2.05) is 68.1 Å². The number of allylic oxidation sites excluding steroid dienone is 4.